The lowest BCUT2D eigenvalue weighted by molar-refractivity contribution is 0.0697. The molecule has 0 spiro atoms. The molecule has 1 aromatic carbocycles. The van der Waals surface area contributed by atoms with E-state index in [-0.39, 0.29) is 10.7 Å². The lowest BCUT2D eigenvalue weighted by Gasteiger charge is -2.04. The number of nitrogens with zero attached hydrogens (tertiary/aromatic N) is 3. The second kappa shape index (κ2) is 3.89. The monoisotopic (exact) mass is 259 g/mol. The molecule has 2 heterocycles. The number of rotatable bonds is 1. The Kier molecular flexibility index (Phi) is 2.34. The van der Waals surface area contributed by atoms with Crippen molar-refractivity contribution >= 4 is 39.4 Å². The quantitative estimate of drug-likeness (QED) is 0.537. The number of fused-ring (bicyclic) bond motifs is 3. The molecule has 0 atom stereocenters. The van der Waals surface area contributed by atoms with E-state index in [4.69, 9.17) is 16.7 Å². The van der Waals surface area contributed by atoms with Gasteiger partial charge in [-0.3, -0.25) is 0 Å². The van der Waals surface area contributed by atoms with E-state index in [1.807, 2.05) is 0 Å². The molecule has 6 heteroatoms. The van der Waals surface area contributed by atoms with E-state index in [9.17, 15) is 4.79 Å². The van der Waals surface area contributed by atoms with Gasteiger partial charge in [0.05, 0.1) is 11.1 Å². The molecule has 3 rings (SSSR count). The number of benzene rings is 1. The van der Waals surface area contributed by atoms with Crippen LogP contribution in [0.1, 0.15) is 10.4 Å². The number of aromatic nitrogens is 3. The van der Waals surface area contributed by atoms with Crippen molar-refractivity contribution in [1.29, 1.82) is 0 Å². The highest BCUT2D eigenvalue weighted by Gasteiger charge is 2.10. The Morgan fingerprint density at radius 1 is 1.28 bits per heavy atom. The standard InChI is InChI=1S/C12H6ClN3O2/c13-11-10-8(4-14-5-15-10)7-2-1-6(12(17)18)3-9(7)16-11/h1-5H,(H,17,18). The van der Waals surface area contributed by atoms with Crippen LogP contribution < -0.4 is 0 Å². The first-order chi connectivity index (χ1) is 8.66. The SMILES string of the molecule is O=C(O)c1ccc2c(c1)nc(Cl)c1ncncc12. The molecule has 0 aliphatic rings. The van der Waals surface area contributed by atoms with Gasteiger partial charge in [0.25, 0.3) is 0 Å². The Labute approximate surface area is 106 Å². The minimum absolute atomic E-state index is 0.169. The third kappa shape index (κ3) is 1.56. The topological polar surface area (TPSA) is 76.0 Å². The number of carbonyl (C=O) groups is 1. The third-order valence-corrected chi connectivity index (χ3v) is 2.92. The van der Waals surface area contributed by atoms with Gasteiger partial charge >= 0.3 is 5.97 Å². The Bertz CT molecular complexity index is 789. The van der Waals surface area contributed by atoms with Crippen molar-refractivity contribution in [2.75, 3.05) is 0 Å². The van der Waals surface area contributed by atoms with Gasteiger partial charge in [0, 0.05) is 17.0 Å². The van der Waals surface area contributed by atoms with Crippen molar-refractivity contribution in [1.82, 2.24) is 15.0 Å². The molecule has 0 saturated heterocycles. The third-order valence-electron chi connectivity index (χ3n) is 2.66. The fourth-order valence-electron chi connectivity index (χ4n) is 1.83. The normalized spacial score (nSPS) is 10.9. The second-order valence-corrected chi connectivity index (χ2v) is 4.08. The zero-order valence-corrected chi connectivity index (χ0v) is 9.72. The predicted molar refractivity (Wildman–Crippen MR) is 66.8 cm³/mol. The van der Waals surface area contributed by atoms with Crippen LogP contribution in [-0.4, -0.2) is 26.0 Å². The summed E-state index contributed by atoms with van der Waals surface area (Å²) in [5, 5.41) is 10.7. The first-order valence-electron chi connectivity index (χ1n) is 5.09. The van der Waals surface area contributed by atoms with Crippen LogP contribution in [0.5, 0.6) is 0 Å². The molecule has 0 amide bonds. The summed E-state index contributed by atoms with van der Waals surface area (Å²) in [6, 6.07) is 4.69. The number of hydrogen-bond donors (Lipinski definition) is 1. The van der Waals surface area contributed by atoms with Crippen molar-refractivity contribution in [2.45, 2.75) is 0 Å². The molecule has 0 aliphatic heterocycles. The van der Waals surface area contributed by atoms with Gasteiger partial charge in [-0.25, -0.2) is 19.7 Å². The van der Waals surface area contributed by atoms with Crippen LogP contribution in [0.3, 0.4) is 0 Å². The maximum absolute atomic E-state index is 10.9. The number of halogens is 1. The number of aromatic carboxylic acids is 1. The summed E-state index contributed by atoms with van der Waals surface area (Å²) in [4.78, 5) is 23.1. The zero-order chi connectivity index (χ0) is 12.7. The molecular formula is C12H6ClN3O2. The van der Waals surface area contributed by atoms with Crippen molar-refractivity contribution < 1.29 is 9.90 Å². The minimum atomic E-state index is -1.00. The highest BCUT2D eigenvalue weighted by molar-refractivity contribution is 6.35. The Morgan fingerprint density at radius 3 is 2.89 bits per heavy atom. The molecule has 0 radical (unpaired) electrons. The van der Waals surface area contributed by atoms with E-state index in [1.165, 1.54) is 18.5 Å². The van der Waals surface area contributed by atoms with E-state index in [0.717, 1.165) is 10.8 Å². The fourth-order valence-corrected chi connectivity index (χ4v) is 2.08. The predicted octanol–water partition coefficient (Wildman–Crippen LogP) is 2.53. The van der Waals surface area contributed by atoms with Crippen LogP contribution in [0, 0.1) is 0 Å². The second-order valence-electron chi connectivity index (χ2n) is 3.72. The first kappa shape index (κ1) is 10.9. The summed E-state index contributed by atoms with van der Waals surface area (Å²) < 4.78 is 0. The zero-order valence-electron chi connectivity index (χ0n) is 8.96. The first-order valence-corrected chi connectivity index (χ1v) is 5.47. The lowest BCUT2D eigenvalue weighted by Crippen LogP contribution is -1.97. The summed E-state index contributed by atoms with van der Waals surface area (Å²) in [6.07, 6.45) is 3.03. The Hall–Kier alpha value is -2.27. The molecule has 3 aromatic rings. The van der Waals surface area contributed by atoms with E-state index >= 15 is 0 Å². The highest BCUT2D eigenvalue weighted by atomic mass is 35.5. The van der Waals surface area contributed by atoms with Crippen molar-refractivity contribution in [2.24, 2.45) is 0 Å². The van der Waals surface area contributed by atoms with Crippen LogP contribution in [0.4, 0.5) is 0 Å². The summed E-state index contributed by atoms with van der Waals surface area (Å²) in [5.41, 5.74) is 1.24. The smallest absolute Gasteiger partial charge is 0.335 e. The lowest BCUT2D eigenvalue weighted by atomic mass is 10.1. The number of hydrogen-bond acceptors (Lipinski definition) is 4. The summed E-state index contributed by atoms with van der Waals surface area (Å²) in [7, 11) is 0. The van der Waals surface area contributed by atoms with Crippen molar-refractivity contribution in [3.63, 3.8) is 0 Å². The minimum Gasteiger partial charge on any atom is -0.478 e. The van der Waals surface area contributed by atoms with Gasteiger partial charge in [-0.05, 0) is 12.1 Å². The summed E-state index contributed by atoms with van der Waals surface area (Å²) in [6.45, 7) is 0. The maximum Gasteiger partial charge on any atom is 0.335 e. The van der Waals surface area contributed by atoms with E-state index in [0.29, 0.717) is 11.0 Å². The molecule has 5 nitrogen and oxygen atoms in total. The van der Waals surface area contributed by atoms with Crippen molar-refractivity contribution in [3.05, 3.63) is 41.4 Å². The van der Waals surface area contributed by atoms with Gasteiger partial charge in [0.1, 0.15) is 11.8 Å². The van der Waals surface area contributed by atoms with Crippen LogP contribution in [-0.2, 0) is 0 Å². The largest absolute Gasteiger partial charge is 0.478 e. The summed E-state index contributed by atoms with van der Waals surface area (Å²) in [5.74, 6) is -1.00. The molecule has 2 aromatic heterocycles. The molecule has 18 heavy (non-hydrogen) atoms. The molecule has 0 aliphatic carbocycles. The van der Waals surface area contributed by atoms with E-state index < -0.39 is 5.97 Å². The molecule has 0 fully saturated rings. The maximum atomic E-state index is 10.9. The van der Waals surface area contributed by atoms with Gasteiger partial charge in [0.2, 0.25) is 0 Å². The van der Waals surface area contributed by atoms with Gasteiger partial charge in [-0.2, -0.15) is 0 Å². The van der Waals surface area contributed by atoms with Gasteiger partial charge in [0.15, 0.2) is 5.15 Å². The molecular weight excluding hydrogens is 254 g/mol. The Balaban J connectivity index is 2.46. The highest BCUT2D eigenvalue weighted by Crippen LogP contribution is 2.27. The van der Waals surface area contributed by atoms with Gasteiger partial charge < -0.3 is 5.11 Å². The molecule has 0 unspecified atom stereocenters. The van der Waals surface area contributed by atoms with Gasteiger partial charge in [-0.1, -0.05) is 17.7 Å². The van der Waals surface area contributed by atoms with Crippen LogP contribution in [0.2, 0.25) is 5.15 Å². The fraction of sp³-hybridized carbons (Fsp3) is 0. The van der Waals surface area contributed by atoms with Crippen LogP contribution >= 0.6 is 11.6 Å². The number of carboxylic acid groups (broad SMARTS) is 1. The molecule has 0 bridgehead atoms. The van der Waals surface area contributed by atoms with E-state index in [1.54, 1.807) is 12.3 Å². The Morgan fingerprint density at radius 2 is 2.11 bits per heavy atom. The average Bonchev–Trinajstić information content (AvgIpc) is 2.38. The van der Waals surface area contributed by atoms with Crippen LogP contribution in [0.25, 0.3) is 21.8 Å². The van der Waals surface area contributed by atoms with Gasteiger partial charge in [-0.15, -0.1) is 0 Å². The molecule has 0 saturated carbocycles. The van der Waals surface area contributed by atoms with E-state index in [2.05, 4.69) is 15.0 Å². The van der Waals surface area contributed by atoms with Crippen molar-refractivity contribution in [3.8, 4) is 0 Å². The van der Waals surface area contributed by atoms with Crippen LogP contribution in [0.15, 0.2) is 30.7 Å². The number of carboxylic acids is 1. The molecule has 88 valence electrons. The summed E-state index contributed by atoms with van der Waals surface area (Å²) >= 11 is 6.02. The molecule has 1 N–H and O–H groups in total. The average molecular weight is 260 g/mol. The number of pyridine rings is 1.